The highest BCUT2D eigenvalue weighted by atomic mass is 16.4. The smallest absolute Gasteiger partial charge is 0.320 e. The van der Waals surface area contributed by atoms with Gasteiger partial charge in [-0.25, -0.2) is 0 Å². The predicted molar refractivity (Wildman–Crippen MR) is 80.9 cm³/mol. The largest absolute Gasteiger partial charge is 0.480 e. The van der Waals surface area contributed by atoms with Crippen LogP contribution in [0, 0.1) is 13.8 Å². The fourth-order valence-electron chi connectivity index (χ4n) is 2.72. The number of nitrogens with two attached hydrogens (primary N) is 1. The average Bonchev–Trinajstić information content (AvgIpc) is 2.66. The lowest BCUT2D eigenvalue weighted by Gasteiger charge is -2.08. The molecule has 2 rings (SSSR count). The highest BCUT2D eigenvalue weighted by Crippen LogP contribution is 2.29. The maximum Gasteiger partial charge on any atom is 0.320 e. The molecule has 0 aliphatic carbocycles. The topological polar surface area (TPSA) is 68.2 Å². The molecule has 1 aromatic carbocycles. The van der Waals surface area contributed by atoms with Gasteiger partial charge in [-0.2, -0.15) is 0 Å². The lowest BCUT2D eigenvalue weighted by molar-refractivity contribution is -0.138. The van der Waals surface area contributed by atoms with Gasteiger partial charge in [0.05, 0.1) is 0 Å². The summed E-state index contributed by atoms with van der Waals surface area (Å²) in [4.78, 5) is 11.0. The first kappa shape index (κ1) is 14.3. The number of hydrogen-bond acceptors (Lipinski definition) is 2. The van der Waals surface area contributed by atoms with E-state index in [1.807, 2.05) is 32.1 Å². The van der Waals surface area contributed by atoms with Gasteiger partial charge in [0.25, 0.3) is 0 Å². The Morgan fingerprint density at radius 3 is 2.80 bits per heavy atom. The van der Waals surface area contributed by atoms with Gasteiger partial charge in [0, 0.05) is 29.6 Å². The fourth-order valence-corrected chi connectivity index (χ4v) is 2.72. The third-order valence-corrected chi connectivity index (χ3v) is 3.74. The van der Waals surface area contributed by atoms with Crippen molar-refractivity contribution >= 4 is 16.9 Å². The van der Waals surface area contributed by atoms with Crippen molar-refractivity contribution in [3.05, 3.63) is 47.7 Å². The van der Waals surface area contributed by atoms with Crippen molar-refractivity contribution in [3.63, 3.8) is 0 Å². The molecule has 0 bridgehead atoms. The van der Waals surface area contributed by atoms with Gasteiger partial charge in [-0.05, 0) is 31.0 Å². The number of carboxylic acids is 1. The molecule has 4 nitrogen and oxygen atoms in total. The minimum atomic E-state index is -0.970. The number of rotatable bonds is 5. The highest BCUT2D eigenvalue weighted by Gasteiger charge is 2.20. The zero-order valence-electron chi connectivity index (χ0n) is 11.9. The molecule has 1 atom stereocenters. The minimum absolute atomic E-state index is 0.340. The lowest BCUT2D eigenvalue weighted by Crippen LogP contribution is -2.32. The normalized spacial score (nSPS) is 12.6. The fraction of sp³-hybridized carbons (Fsp3) is 0.312. The first-order valence-electron chi connectivity index (χ1n) is 6.64. The van der Waals surface area contributed by atoms with Crippen LogP contribution in [0.1, 0.15) is 16.8 Å². The van der Waals surface area contributed by atoms with Crippen molar-refractivity contribution in [2.45, 2.75) is 32.9 Å². The van der Waals surface area contributed by atoms with Crippen LogP contribution in [0.2, 0.25) is 0 Å². The Balaban J connectivity index is 2.66. The third-order valence-electron chi connectivity index (χ3n) is 3.74. The summed E-state index contributed by atoms with van der Waals surface area (Å²) in [5.41, 5.74) is 10.0. The van der Waals surface area contributed by atoms with Gasteiger partial charge in [0.1, 0.15) is 6.04 Å². The number of fused-ring (bicyclic) bond motifs is 1. The van der Waals surface area contributed by atoms with Crippen LogP contribution >= 0.6 is 0 Å². The number of hydrogen-bond donors (Lipinski definition) is 2. The Hall–Kier alpha value is -2.07. The zero-order chi connectivity index (χ0) is 14.9. The van der Waals surface area contributed by atoms with E-state index >= 15 is 0 Å². The maximum absolute atomic E-state index is 11.0. The van der Waals surface area contributed by atoms with Crippen LogP contribution in [0.3, 0.4) is 0 Å². The number of nitrogens with zero attached hydrogens (tertiary/aromatic N) is 1. The second kappa shape index (κ2) is 5.51. The van der Waals surface area contributed by atoms with Crippen LogP contribution in [0.5, 0.6) is 0 Å². The second-order valence-electron chi connectivity index (χ2n) is 5.08. The zero-order valence-corrected chi connectivity index (χ0v) is 11.9. The molecule has 0 spiro atoms. The van der Waals surface area contributed by atoms with Crippen molar-refractivity contribution in [2.75, 3.05) is 0 Å². The molecule has 1 unspecified atom stereocenters. The van der Waals surface area contributed by atoms with Gasteiger partial charge in [0.2, 0.25) is 0 Å². The number of carboxylic acid groups (broad SMARTS) is 1. The number of benzene rings is 1. The molecule has 0 saturated heterocycles. The van der Waals surface area contributed by atoms with Gasteiger partial charge in [-0.1, -0.05) is 18.2 Å². The molecule has 4 heteroatoms. The summed E-state index contributed by atoms with van der Waals surface area (Å²) in [6.45, 7) is 8.53. The van der Waals surface area contributed by atoms with E-state index in [1.54, 1.807) is 0 Å². The summed E-state index contributed by atoms with van der Waals surface area (Å²) in [7, 11) is 0. The van der Waals surface area contributed by atoms with E-state index in [-0.39, 0.29) is 0 Å². The molecule has 20 heavy (non-hydrogen) atoms. The summed E-state index contributed by atoms with van der Waals surface area (Å²) in [6, 6.07) is 5.22. The van der Waals surface area contributed by atoms with Crippen LogP contribution in [0.15, 0.2) is 30.9 Å². The Bertz CT molecular complexity index is 671. The van der Waals surface area contributed by atoms with Crippen molar-refractivity contribution in [1.82, 2.24) is 4.57 Å². The Morgan fingerprint density at radius 1 is 1.50 bits per heavy atom. The molecule has 0 aliphatic heterocycles. The third kappa shape index (κ3) is 2.34. The summed E-state index contributed by atoms with van der Waals surface area (Å²) < 4.78 is 2.15. The van der Waals surface area contributed by atoms with Gasteiger partial charge >= 0.3 is 5.97 Å². The van der Waals surface area contributed by atoms with Crippen molar-refractivity contribution in [1.29, 1.82) is 0 Å². The summed E-state index contributed by atoms with van der Waals surface area (Å²) in [6.07, 6.45) is 2.18. The van der Waals surface area contributed by atoms with Crippen LogP contribution in [0.25, 0.3) is 10.9 Å². The van der Waals surface area contributed by atoms with Crippen LogP contribution < -0.4 is 5.73 Å². The number of aromatic nitrogens is 1. The molecule has 1 heterocycles. The van der Waals surface area contributed by atoms with Crippen LogP contribution in [0.4, 0.5) is 0 Å². The summed E-state index contributed by atoms with van der Waals surface area (Å²) >= 11 is 0. The first-order chi connectivity index (χ1) is 9.47. The monoisotopic (exact) mass is 272 g/mol. The van der Waals surface area contributed by atoms with E-state index in [2.05, 4.69) is 17.2 Å². The Labute approximate surface area is 118 Å². The first-order valence-corrected chi connectivity index (χ1v) is 6.64. The molecule has 3 N–H and O–H groups in total. The number of aryl methyl sites for hydroxylation is 1. The number of carbonyl (C=O) groups is 1. The summed E-state index contributed by atoms with van der Waals surface area (Å²) in [5.74, 6) is -0.970. The van der Waals surface area contributed by atoms with Gasteiger partial charge in [0.15, 0.2) is 0 Å². The quantitative estimate of drug-likeness (QED) is 0.821. The van der Waals surface area contributed by atoms with Crippen molar-refractivity contribution in [3.8, 4) is 0 Å². The van der Waals surface area contributed by atoms with E-state index < -0.39 is 12.0 Å². The minimum Gasteiger partial charge on any atom is -0.480 e. The van der Waals surface area contributed by atoms with Crippen LogP contribution in [-0.4, -0.2) is 21.7 Å². The van der Waals surface area contributed by atoms with Gasteiger partial charge < -0.3 is 15.4 Å². The average molecular weight is 272 g/mol. The van der Waals surface area contributed by atoms with Crippen molar-refractivity contribution < 1.29 is 9.90 Å². The molecule has 0 saturated carbocycles. The Kier molecular flexibility index (Phi) is 3.95. The van der Waals surface area contributed by atoms with E-state index in [9.17, 15) is 4.79 Å². The van der Waals surface area contributed by atoms with Crippen molar-refractivity contribution in [2.24, 2.45) is 5.73 Å². The van der Waals surface area contributed by atoms with Gasteiger partial charge in [-0.15, -0.1) is 6.58 Å². The predicted octanol–water partition coefficient (Wildman–Crippen LogP) is 2.40. The lowest BCUT2D eigenvalue weighted by atomic mass is 10.0. The maximum atomic E-state index is 11.0. The van der Waals surface area contributed by atoms with E-state index in [4.69, 9.17) is 10.8 Å². The molecule has 1 aromatic heterocycles. The molecule has 0 radical (unpaired) electrons. The molecule has 0 fully saturated rings. The molecular formula is C16H20N2O2. The van der Waals surface area contributed by atoms with E-state index in [0.717, 1.165) is 27.7 Å². The summed E-state index contributed by atoms with van der Waals surface area (Å²) in [5, 5.41) is 10.2. The van der Waals surface area contributed by atoms with E-state index in [0.29, 0.717) is 13.0 Å². The van der Waals surface area contributed by atoms with Gasteiger partial charge in [-0.3, -0.25) is 4.79 Å². The highest BCUT2D eigenvalue weighted by molar-refractivity contribution is 5.89. The standard InChI is InChI=1S/C16H20N2O2/c1-4-8-18-11(3)12(9-13(17)16(19)20)15-10(2)6-5-7-14(15)18/h4-7,13H,1,8-9,17H2,2-3H3,(H,19,20). The van der Waals surface area contributed by atoms with Crippen LogP contribution in [-0.2, 0) is 17.8 Å². The molecule has 106 valence electrons. The second-order valence-corrected chi connectivity index (χ2v) is 5.08. The molecule has 0 amide bonds. The number of aliphatic carboxylic acids is 1. The SMILES string of the molecule is C=CCn1c(C)c(CC(N)C(=O)O)c2c(C)cccc21. The Morgan fingerprint density at radius 2 is 2.20 bits per heavy atom. The molecule has 0 aliphatic rings. The number of allylic oxidation sites excluding steroid dienone is 1. The molecular weight excluding hydrogens is 252 g/mol. The van der Waals surface area contributed by atoms with E-state index in [1.165, 1.54) is 0 Å². The molecule has 2 aromatic rings.